The smallest absolute Gasteiger partial charge is 0.383 e. The lowest BCUT2D eigenvalue weighted by Gasteiger charge is -2.30. The number of halogens is 3. The van der Waals surface area contributed by atoms with Crippen LogP contribution < -0.4 is 0 Å². The van der Waals surface area contributed by atoms with Gasteiger partial charge in [0.25, 0.3) is 0 Å². The number of ether oxygens (including phenoxy) is 1. The number of hydrogen-bond donors (Lipinski definition) is 0. The Bertz CT molecular complexity index is 840. The van der Waals surface area contributed by atoms with Crippen LogP contribution in [0.25, 0.3) is 11.4 Å². The zero-order chi connectivity index (χ0) is 21.7. The number of carbonyl (C=O) groups is 1. The maximum atomic E-state index is 13.0. The first-order valence-electron chi connectivity index (χ1n) is 9.76. The molecule has 30 heavy (non-hydrogen) atoms. The summed E-state index contributed by atoms with van der Waals surface area (Å²) in [7, 11) is 1.58. The van der Waals surface area contributed by atoms with Crippen LogP contribution in [0.15, 0.2) is 35.5 Å². The van der Waals surface area contributed by atoms with Crippen molar-refractivity contribution in [2.24, 2.45) is 5.92 Å². The second-order valence-electron chi connectivity index (χ2n) is 7.32. The zero-order valence-corrected chi connectivity index (χ0v) is 17.7. The molecular weight excluding hydrogens is 417 g/mol. The Morgan fingerprint density at radius 3 is 2.60 bits per heavy atom. The van der Waals surface area contributed by atoms with E-state index in [1.54, 1.807) is 14.0 Å². The number of aromatic nitrogens is 3. The van der Waals surface area contributed by atoms with Gasteiger partial charge in [0, 0.05) is 18.7 Å². The van der Waals surface area contributed by atoms with Crippen LogP contribution in [0.4, 0.5) is 13.2 Å². The van der Waals surface area contributed by atoms with Gasteiger partial charge in [-0.25, -0.2) is 0 Å². The summed E-state index contributed by atoms with van der Waals surface area (Å²) in [5, 5.41) is 8.87. The van der Waals surface area contributed by atoms with Gasteiger partial charge in [-0.3, -0.25) is 9.36 Å². The SMILES string of the molecule is COCCn1c(SCC(=O)N(CC(F)(F)F)C(C)C2CC2)nnc1-c1ccccc1. The summed E-state index contributed by atoms with van der Waals surface area (Å²) in [6.45, 7) is 1.35. The number of hydrogen-bond acceptors (Lipinski definition) is 5. The molecule has 164 valence electrons. The fraction of sp³-hybridized carbons (Fsp3) is 0.550. The Morgan fingerprint density at radius 2 is 2.00 bits per heavy atom. The first-order valence-corrected chi connectivity index (χ1v) is 10.8. The molecule has 0 spiro atoms. The molecule has 3 rings (SSSR count). The molecule has 0 bridgehead atoms. The average molecular weight is 443 g/mol. The van der Waals surface area contributed by atoms with Crippen molar-refractivity contribution in [1.29, 1.82) is 0 Å². The van der Waals surface area contributed by atoms with Crippen LogP contribution >= 0.6 is 11.8 Å². The van der Waals surface area contributed by atoms with Crippen LogP contribution in [0.1, 0.15) is 19.8 Å². The molecule has 2 aromatic rings. The van der Waals surface area contributed by atoms with Crippen molar-refractivity contribution in [2.75, 3.05) is 26.0 Å². The van der Waals surface area contributed by atoms with Crippen LogP contribution in [-0.4, -0.2) is 63.8 Å². The predicted octanol–water partition coefficient (Wildman–Crippen LogP) is 3.87. The van der Waals surface area contributed by atoms with E-state index >= 15 is 0 Å². The van der Waals surface area contributed by atoms with Gasteiger partial charge in [0.15, 0.2) is 11.0 Å². The molecule has 0 radical (unpaired) electrons. The van der Waals surface area contributed by atoms with Crippen molar-refractivity contribution in [2.45, 2.75) is 43.7 Å². The Labute approximate surface area is 177 Å². The Hall–Kier alpha value is -2.07. The maximum absolute atomic E-state index is 13.0. The number of rotatable bonds is 10. The number of nitrogens with zero attached hydrogens (tertiary/aromatic N) is 4. The lowest BCUT2D eigenvalue weighted by Crippen LogP contribution is -2.46. The summed E-state index contributed by atoms with van der Waals surface area (Å²) in [6.07, 6.45) is -2.70. The molecule has 1 aromatic heterocycles. The standard InChI is InChI=1S/C20H25F3N4O2S/c1-14(15-8-9-15)27(13-20(21,22)23)17(28)12-30-19-25-24-18(26(19)10-11-29-2)16-6-4-3-5-7-16/h3-7,14-15H,8-13H2,1-2H3. The van der Waals surface area contributed by atoms with Gasteiger partial charge in [-0.15, -0.1) is 10.2 Å². The first kappa shape index (κ1) is 22.6. The molecule has 1 aliphatic rings. The molecule has 1 heterocycles. The largest absolute Gasteiger partial charge is 0.406 e. The van der Waals surface area contributed by atoms with Crippen LogP contribution in [0, 0.1) is 5.92 Å². The van der Waals surface area contributed by atoms with Crippen molar-refractivity contribution in [3.8, 4) is 11.4 Å². The summed E-state index contributed by atoms with van der Waals surface area (Å²) >= 11 is 1.10. The number of methoxy groups -OCH3 is 1. The molecule has 10 heteroatoms. The Morgan fingerprint density at radius 1 is 1.30 bits per heavy atom. The molecule has 1 aliphatic carbocycles. The average Bonchev–Trinajstić information content (AvgIpc) is 3.49. The number of carbonyl (C=O) groups excluding carboxylic acids is 1. The fourth-order valence-electron chi connectivity index (χ4n) is 3.28. The third kappa shape index (κ3) is 5.98. The van der Waals surface area contributed by atoms with E-state index in [-0.39, 0.29) is 11.7 Å². The first-order chi connectivity index (χ1) is 14.3. The quantitative estimate of drug-likeness (QED) is 0.523. The number of benzene rings is 1. The number of amides is 1. The third-order valence-electron chi connectivity index (χ3n) is 5.06. The number of alkyl halides is 3. The van der Waals surface area contributed by atoms with E-state index in [1.807, 2.05) is 34.9 Å². The summed E-state index contributed by atoms with van der Waals surface area (Å²) in [5.74, 6) is 0.101. The minimum Gasteiger partial charge on any atom is -0.383 e. The minimum absolute atomic E-state index is 0.132. The lowest BCUT2D eigenvalue weighted by atomic mass is 10.2. The van der Waals surface area contributed by atoms with Crippen molar-refractivity contribution < 1.29 is 22.7 Å². The predicted molar refractivity (Wildman–Crippen MR) is 108 cm³/mol. The minimum atomic E-state index is -4.43. The van der Waals surface area contributed by atoms with Gasteiger partial charge in [0.05, 0.1) is 18.9 Å². The maximum Gasteiger partial charge on any atom is 0.406 e. The highest BCUT2D eigenvalue weighted by molar-refractivity contribution is 7.99. The Balaban J connectivity index is 1.74. The fourth-order valence-corrected chi connectivity index (χ4v) is 4.13. The van der Waals surface area contributed by atoms with E-state index in [9.17, 15) is 18.0 Å². The van der Waals surface area contributed by atoms with E-state index in [2.05, 4.69) is 10.2 Å². The molecule has 0 aliphatic heterocycles. The van der Waals surface area contributed by atoms with Crippen molar-refractivity contribution >= 4 is 17.7 Å². The van der Waals surface area contributed by atoms with E-state index in [0.717, 1.165) is 35.1 Å². The monoisotopic (exact) mass is 442 g/mol. The number of thioether (sulfide) groups is 1. The van der Waals surface area contributed by atoms with E-state index in [4.69, 9.17) is 4.74 Å². The summed E-state index contributed by atoms with van der Waals surface area (Å²) < 4.78 is 46.1. The highest BCUT2D eigenvalue weighted by Crippen LogP contribution is 2.36. The van der Waals surface area contributed by atoms with E-state index in [1.165, 1.54) is 0 Å². The second-order valence-corrected chi connectivity index (χ2v) is 8.26. The summed E-state index contributed by atoms with van der Waals surface area (Å²) in [5.41, 5.74) is 0.861. The molecule has 1 atom stereocenters. The van der Waals surface area contributed by atoms with Crippen LogP contribution in [0.2, 0.25) is 0 Å². The molecule has 0 N–H and O–H groups in total. The van der Waals surface area contributed by atoms with Crippen LogP contribution in [0.5, 0.6) is 0 Å². The summed E-state index contributed by atoms with van der Waals surface area (Å²) in [6, 6.07) is 9.03. The highest BCUT2D eigenvalue weighted by atomic mass is 32.2. The van der Waals surface area contributed by atoms with E-state index in [0.29, 0.717) is 24.1 Å². The van der Waals surface area contributed by atoms with Gasteiger partial charge < -0.3 is 9.64 Å². The topological polar surface area (TPSA) is 60.2 Å². The molecule has 1 aromatic carbocycles. The van der Waals surface area contributed by atoms with Gasteiger partial charge in [0.2, 0.25) is 5.91 Å². The van der Waals surface area contributed by atoms with Crippen LogP contribution in [0.3, 0.4) is 0 Å². The lowest BCUT2D eigenvalue weighted by molar-refractivity contribution is -0.164. The van der Waals surface area contributed by atoms with Crippen molar-refractivity contribution in [3.05, 3.63) is 30.3 Å². The van der Waals surface area contributed by atoms with Crippen molar-refractivity contribution in [3.63, 3.8) is 0 Å². The molecule has 1 unspecified atom stereocenters. The molecule has 0 saturated heterocycles. The molecule has 1 saturated carbocycles. The molecule has 1 amide bonds. The highest BCUT2D eigenvalue weighted by Gasteiger charge is 2.40. The Kier molecular flexibility index (Phi) is 7.41. The van der Waals surface area contributed by atoms with Gasteiger partial charge in [-0.05, 0) is 25.7 Å². The summed E-state index contributed by atoms with van der Waals surface area (Å²) in [4.78, 5) is 13.7. The van der Waals surface area contributed by atoms with Gasteiger partial charge >= 0.3 is 6.18 Å². The van der Waals surface area contributed by atoms with Gasteiger partial charge in [-0.2, -0.15) is 13.2 Å². The molecule has 1 fully saturated rings. The second kappa shape index (κ2) is 9.82. The van der Waals surface area contributed by atoms with Crippen LogP contribution in [-0.2, 0) is 16.1 Å². The normalized spacial score (nSPS) is 15.2. The molecule has 6 nitrogen and oxygen atoms in total. The van der Waals surface area contributed by atoms with E-state index < -0.39 is 24.7 Å². The zero-order valence-electron chi connectivity index (χ0n) is 16.9. The van der Waals surface area contributed by atoms with Gasteiger partial charge in [0.1, 0.15) is 6.54 Å². The van der Waals surface area contributed by atoms with Gasteiger partial charge in [-0.1, -0.05) is 42.1 Å². The van der Waals surface area contributed by atoms with Crippen molar-refractivity contribution in [1.82, 2.24) is 19.7 Å². The molecular formula is C20H25F3N4O2S. The third-order valence-corrected chi connectivity index (χ3v) is 6.01.